The van der Waals surface area contributed by atoms with Gasteiger partial charge in [0.25, 0.3) is 0 Å². The van der Waals surface area contributed by atoms with Gasteiger partial charge in [-0.1, -0.05) is 30.3 Å². The van der Waals surface area contributed by atoms with E-state index in [1.165, 1.54) is 11.1 Å². The first-order chi connectivity index (χ1) is 16.0. The van der Waals surface area contributed by atoms with Crippen molar-refractivity contribution in [1.82, 2.24) is 19.7 Å². The fourth-order valence-corrected chi connectivity index (χ4v) is 5.22. The van der Waals surface area contributed by atoms with Gasteiger partial charge in [0.15, 0.2) is 0 Å². The van der Waals surface area contributed by atoms with E-state index >= 15 is 0 Å². The number of carbonyl (C=O) groups is 2. The monoisotopic (exact) mass is 448 g/mol. The molecule has 1 aromatic carbocycles. The van der Waals surface area contributed by atoms with Crippen molar-refractivity contribution in [2.24, 2.45) is 5.92 Å². The Morgan fingerprint density at radius 2 is 1.85 bits per heavy atom. The number of nitrogens with zero attached hydrogens (tertiary/aromatic N) is 4. The lowest BCUT2D eigenvalue weighted by Gasteiger charge is -2.36. The summed E-state index contributed by atoms with van der Waals surface area (Å²) in [6.45, 7) is 8.83. The second-order valence-corrected chi connectivity index (χ2v) is 9.60. The predicted molar refractivity (Wildman–Crippen MR) is 129 cm³/mol. The average molecular weight is 449 g/mol. The van der Waals surface area contributed by atoms with E-state index in [9.17, 15) is 9.59 Å². The van der Waals surface area contributed by atoms with Gasteiger partial charge in [-0.25, -0.2) is 0 Å². The number of amides is 2. The summed E-state index contributed by atoms with van der Waals surface area (Å²) in [4.78, 5) is 36.2. The van der Waals surface area contributed by atoms with Gasteiger partial charge in [0.2, 0.25) is 11.8 Å². The number of aromatic nitrogens is 1. The number of piperidine rings is 1. The Bertz CT molecular complexity index is 940. The maximum atomic E-state index is 13.6. The van der Waals surface area contributed by atoms with Crippen molar-refractivity contribution in [2.75, 3.05) is 26.2 Å². The number of pyridine rings is 1. The summed E-state index contributed by atoms with van der Waals surface area (Å²) in [5, 5.41) is 0. The van der Waals surface area contributed by atoms with Crippen LogP contribution in [0.15, 0.2) is 48.8 Å². The largest absolute Gasteiger partial charge is 0.336 e. The first-order valence-electron chi connectivity index (χ1n) is 12.2. The van der Waals surface area contributed by atoms with Crippen LogP contribution in [-0.4, -0.2) is 63.7 Å². The van der Waals surface area contributed by atoms with Gasteiger partial charge in [-0.3, -0.25) is 19.5 Å². The van der Waals surface area contributed by atoms with Crippen LogP contribution in [0, 0.1) is 12.8 Å². The first-order valence-corrected chi connectivity index (χ1v) is 12.2. The Hall–Kier alpha value is -2.73. The molecule has 1 aromatic heterocycles. The maximum absolute atomic E-state index is 13.6. The lowest BCUT2D eigenvalue weighted by atomic mass is 9.95. The Balaban J connectivity index is 1.39. The minimum absolute atomic E-state index is 0.00306. The topological polar surface area (TPSA) is 56.8 Å². The molecular formula is C27H36N4O2. The highest BCUT2D eigenvalue weighted by Gasteiger charge is 2.36. The molecule has 0 unspecified atom stereocenters. The minimum Gasteiger partial charge on any atom is -0.336 e. The Kier molecular flexibility index (Phi) is 7.76. The average Bonchev–Trinajstić information content (AvgIpc) is 3.32. The van der Waals surface area contributed by atoms with Crippen molar-refractivity contribution < 1.29 is 9.59 Å². The van der Waals surface area contributed by atoms with E-state index in [2.05, 4.69) is 41.1 Å². The highest BCUT2D eigenvalue weighted by Crippen LogP contribution is 2.25. The van der Waals surface area contributed by atoms with E-state index in [-0.39, 0.29) is 17.9 Å². The highest BCUT2D eigenvalue weighted by molar-refractivity contribution is 5.87. The third-order valence-electron chi connectivity index (χ3n) is 7.19. The van der Waals surface area contributed by atoms with E-state index in [4.69, 9.17) is 0 Å². The van der Waals surface area contributed by atoms with Crippen molar-refractivity contribution in [3.05, 3.63) is 65.5 Å². The molecule has 2 aliphatic heterocycles. The number of hydrogen-bond acceptors (Lipinski definition) is 4. The maximum Gasteiger partial charge on any atom is 0.245 e. The molecule has 0 bridgehead atoms. The van der Waals surface area contributed by atoms with E-state index in [1.807, 2.05) is 23.2 Å². The molecule has 0 spiro atoms. The molecule has 0 N–H and O–H groups in total. The van der Waals surface area contributed by atoms with Crippen LogP contribution in [0.1, 0.15) is 49.3 Å². The smallest absolute Gasteiger partial charge is 0.245 e. The number of likely N-dealkylation sites (tertiary alicyclic amines) is 2. The Labute approximate surface area is 197 Å². The van der Waals surface area contributed by atoms with Crippen molar-refractivity contribution in [3.8, 4) is 0 Å². The summed E-state index contributed by atoms with van der Waals surface area (Å²) in [7, 11) is 0. The van der Waals surface area contributed by atoms with Crippen LogP contribution in [0.5, 0.6) is 0 Å². The van der Waals surface area contributed by atoms with Crippen molar-refractivity contribution in [3.63, 3.8) is 0 Å². The van der Waals surface area contributed by atoms with E-state index in [1.54, 1.807) is 18.0 Å². The molecule has 6 nitrogen and oxygen atoms in total. The van der Waals surface area contributed by atoms with Gasteiger partial charge in [-0.15, -0.1) is 0 Å². The summed E-state index contributed by atoms with van der Waals surface area (Å²) >= 11 is 0. The first kappa shape index (κ1) is 23.4. The van der Waals surface area contributed by atoms with Crippen molar-refractivity contribution in [1.29, 1.82) is 0 Å². The number of aryl methyl sites for hydroxylation is 1. The normalized spacial score (nSPS) is 19.6. The Morgan fingerprint density at radius 3 is 2.55 bits per heavy atom. The number of rotatable bonds is 7. The minimum atomic E-state index is -0.319. The van der Waals surface area contributed by atoms with E-state index in [0.29, 0.717) is 19.0 Å². The molecule has 176 valence electrons. The van der Waals surface area contributed by atoms with Gasteiger partial charge in [0, 0.05) is 45.5 Å². The quantitative estimate of drug-likeness (QED) is 0.649. The van der Waals surface area contributed by atoms with Crippen LogP contribution in [0.2, 0.25) is 0 Å². The van der Waals surface area contributed by atoms with Crippen LogP contribution in [0.3, 0.4) is 0 Å². The number of hydrogen-bond donors (Lipinski definition) is 0. The van der Waals surface area contributed by atoms with Crippen LogP contribution in [0.4, 0.5) is 0 Å². The predicted octanol–water partition coefficient (Wildman–Crippen LogP) is 3.64. The highest BCUT2D eigenvalue weighted by atomic mass is 16.2. The molecule has 6 heteroatoms. The van der Waals surface area contributed by atoms with Gasteiger partial charge in [-0.05, 0) is 74.4 Å². The zero-order valence-corrected chi connectivity index (χ0v) is 19.9. The standard InChI is InChI=1S/C27H36N4O2/c1-21-7-3-4-9-25(21)20-29-15-11-23(12-16-29)18-30(19-24-8-5-13-28-17-24)27(33)26-10-6-14-31(26)22(2)32/h3-5,7-9,13,17,23,26H,6,10-12,14-16,18-20H2,1-2H3/t26-/m0/s1. The van der Waals surface area contributed by atoms with Gasteiger partial charge < -0.3 is 9.80 Å². The number of carbonyl (C=O) groups excluding carboxylic acids is 2. The molecule has 2 fully saturated rings. The molecule has 0 radical (unpaired) electrons. The molecule has 2 amide bonds. The third-order valence-corrected chi connectivity index (χ3v) is 7.19. The summed E-state index contributed by atoms with van der Waals surface area (Å²) in [5.74, 6) is 0.566. The SMILES string of the molecule is CC(=O)N1CCC[C@H]1C(=O)N(Cc1cccnc1)CC1CCN(Cc2ccccc2C)CC1. The van der Waals surface area contributed by atoms with Crippen LogP contribution >= 0.6 is 0 Å². The van der Waals surface area contributed by atoms with Gasteiger partial charge >= 0.3 is 0 Å². The molecule has 2 saturated heterocycles. The summed E-state index contributed by atoms with van der Waals surface area (Å²) in [6, 6.07) is 12.2. The second-order valence-electron chi connectivity index (χ2n) is 9.60. The molecule has 0 saturated carbocycles. The number of benzene rings is 1. The van der Waals surface area contributed by atoms with Crippen LogP contribution < -0.4 is 0 Å². The molecule has 2 aliphatic rings. The van der Waals surface area contributed by atoms with Crippen LogP contribution in [-0.2, 0) is 22.7 Å². The molecule has 1 atom stereocenters. The zero-order chi connectivity index (χ0) is 23.2. The fraction of sp³-hybridized carbons (Fsp3) is 0.519. The summed E-state index contributed by atoms with van der Waals surface area (Å²) < 4.78 is 0. The Morgan fingerprint density at radius 1 is 1.06 bits per heavy atom. The summed E-state index contributed by atoms with van der Waals surface area (Å²) in [6.07, 6.45) is 7.43. The molecule has 3 heterocycles. The molecule has 2 aromatic rings. The van der Waals surface area contributed by atoms with Crippen molar-refractivity contribution in [2.45, 2.75) is 58.7 Å². The van der Waals surface area contributed by atoms with Gasteiger partial charge in [-0.2, -0.15) is 0 Å². The zero-order valence-electron chi connectivity index (χ0n) is 19.9. The molecule has 0 aliphatic carbocycles. The van der Waals surface area contributed by atoms with Crippen molar-refractivity contribution >= 4 is 11.8 Å². The molecular weight excluding hydrogens is 412 g/mol. The van der Waals surface area contributed by atoms with E-state index in [0.717, 1.165) is 57.4 Å². The van der Waals surface area contributed by atoms with E-state index < -0.39 is 0 Å². The van der Waals surface area contributed by atoms with Crippen LogP contribution in [0.25, 0.3) is 0 Å². The van der Waals surface area contributed by atoms with Gasteiger partial charge in [0.05, 0.1) is 0 Å². The summed E-state index contributed by atoms with van der Waals surface area (Å²) in [5.41, 5.74) is 3.78. The lowest BCUT2D eigenvalue weighted by molar-refractivity contribution is -0.143. The van der Waals surface area contributed by atoms with Gasteiger partial charge in [0.1, 0.15) is 6.04 Å². The second kappa shape index (κ2) is 10.9. The molecule has 33 heavy (non-hydrogen) atoms. The fourth-order valence-electron chi connectivity index (χ4n) is 5.22. The molecule has 4 rings (SSSR count). The third kappa shape index (κ3) is 5.99. The lowest BCUT2D eigenvalue weighted by Crippen LogP contribution is -2.49.